The van der Waals surface area contributed by atoms with Gasteiger partial charge in [0.25, 0.3) is 10.0 Å². The SMILES string of the molecule is CCCCNC(=O)[C@H](C)N(Cc1ccc(Cl)cc1Cl)C(=O)CN(c1ccc(Cl)cc1Cl)S(=O)(=O)c1ccccc1. The van der Waals surface area contributed by atoms with Gasteiger partial charge in [0.05, 0.1) is 15.6 Å². The Labute approximate surface area is 255 Å². The van der Waals surface area contributed by atoms with Crippen molar-refractivity contribution in [2.75, 3.05) is 17.4 Å². The second-order valence-corrected chi connectivity index (χ2v) is 12.5. The number of nitrogens with one attached hydrogen (secondary N) is 1. The summed E-state index contributed by atoms with van der Waals surface area (Å²) in [6.45, 7) is 3.31. The molecule has 7 nitrogen and oxygen atoms in total. The molecule has 12 heteroatoms. The highest BCUT2D eigenvalue weighted by molar-refractivity contribution is 7.92. The zero-order valence-electron chi connectivity index (χ0n) is 21.9. The van der Waals surface area contributed by atoms with E-state index in [-0.39, 0.29) is 28.1 Å². The van der Waals surface area contributed by atoms with Gasteiger partial charge in [-0.2, -0.15) is 0 Å². The standard InChI is InChI=1S/C28H29Cl4N3O4S/c1-3-4-14-33-28(37)19(2)34(17-20-10-11-21(29)15-24(20)31)27(36)18-35(26-13-12-22(30)16-25(26)32)40(38,39)23-8-6-5-7-9-23/h5-13,15-16,19H,3-4,14,17-18H2,1-2H3,(H,33,37)/t19-/m0/s1. The van der Waals surface area contributed by atoms with Crippen LogP contribution in [0, 0.1) is 0 Å². The van der Waals surface area contributed by atoms with Crippen LogP contribution in [-0.4, -0.2) is 44.3 Å². The Morgan fingerprint density at radius 2 is 1.52 bits per heavy atom. The van der Waals surface area contributed by atoms with E-state index in [1.54, 1.807) is 37.3 Å². The second kappa shape index (κ2) is 14.4. The van der Waals surface area contributed by atoms with Crippen LogP contribution < -0.4 is 9.62 Å². The van der Waals surface area contributed by atoms with Gasteiger partial charge in [-0.05, 0) is 61.4 Å². The molecule has 1 atom stereocenters. The fourth-order valence-electron chi connectivity index (χ4n) is 3.87. The van der Waals surface area contributed by atoms with Crippen molar-refractivity contribution in [1.29, 1.82) is 0 Å². The van der Waals surface area contributed by atoms with Crippen molar-refractivity contribution < 1.29 is 18.0 Å². The monoisotopic (exact) mass is 643 g/mol. The maximum Gasteiger partial charge on any atom is 0.264 e. The molecule has 3 aromatic carbocycles. The molecule has 0 aliphatic heterocycles. The van der Waals surface area contributed by atoms with Crippen molar-refractivity contribution in [1.82, 2.24) is 10.2 Å². The molecule has 3 aromatic rings. The Morgan fingerprint density at radius 1 is 0.900 bits per heavy atom. The van der Waals surface area contributed by atoms with Crippen molar-refractivity contribution in [3.8, 4) is 0 Å². The molecule has 1 N–H and O–H groups in total. The summed E-state index contributed by atoms with van der Waals surface area (Å²) in [4.78, 5) is 28.2. The van der Waals surface area contributed by atoms with Crippen LogP contribution in [0.5, 0.6) is 0 Å². The maximum atomic E-state index is 13.9. The number of hydrogen-bond donors (Lipinski definition) is 1. The first-order valence-corrected chi connectivity index (χ1v) is 15.4. The molecule has 0 aliphatic carbocycles. The van der Waals surface area contributed by atoms with E-state index in [1.807, 2.05) is 6.92 Å². The molecule has 0 saturated carbocycles. The number of rotatable bonds is 12. The molecule has 0 unspecified atom stereocenters. The number of hydrogen-bond acceptors (Lipinski definition) is 4. The second-order valence-electron chi connectivity index (χ2n) is 9.00. The molecule has 0 aromatic heterocycles. The number of unbranched alkanes of at least 4 members (excludes halogenated alkanes) is 1. The highest BCUT2D eigenvalue weighted by atomic mass is 35.5. The average Bonchev–Trinajstić information content (AvgIpc) is 2.91. The summed E-state index contributed by atoms with van der Waals surface area (Å²) in [5.74, 6) is -1.02. The van der Waals surface area contributed by atoms with Gasteiger partial charge in [-0.3, -0.25) is 13.9 Å². The van der Waals surface area contributed by atoms with Gasteiger partial charge in [-0.1, -0.05) is 84.0 Å². The van der Waals surface area contributed by atoms with Crippen LogP contribution in [0.2, 0.25) is 20.1 Å². The van der Waals surface area contributed by atoms with E-state index in [2.05, 4.69) is 5.32 Å². The van der Waals surface area contributed by atoms with Crippen LogP contribution in [0.1, 0.15) is 32.3 Å². The van der Waals surface area contributed by atoms with Crippen LogP contribution >= 0.6 is 46.4 Å². The summed E-state index contributed by atoms with van der Waals surface area (Å²) in [5, 5.41) is 3.88. The van der Waals surface area contributed by atoms with Crippen LogP contribution in [0.25, 0.3) is 0 Å². The molecule has 0 aliphatic rings. The highest BCUT2D eigenvalue weighted by Crippen LogP contribution is 2.33. The van der Waals surface area contributed by atoms with E-state index in [9.17, 15) is 18.0 Å². The molecular weight excluding hydrogens is 616 g/mol. The van der Waals surface area contributed by atoms with Gasteiger partial charge in [-0.15, -0.1) is 0 Å². The molecule has 3 rings (SSSR count). The predicted molar refractivity (Wildman–Crippen MR) is 162 cm³/mol. The minimum absolute atomic E-state index is 0.0357. The van der Waals surface area contributed by atoms with Gasteiger partial charge in [0, 0.05) is 28.2 Å². The number of amides is 2. The Balaban J connectivity index is 2.04. The lowest BCUT2D eigenvalue weighted by Crippen LogP contribution is -2.51. The number of sulfonamides is 1. The Morgan fingerprint density at radius 3 is 2.12 bits per heavy atom. The molecular formula is C28H29Cl4N3O4S. The molecule has 0 saturated heterocycles. The van der Waals surface area contributed by atoms with Gasteiger partial charge in [0.2, 0.25) is 11.8 Å². The fourth-order valence-corrected chi connectivity index (χ4v) is 6.35. The van der Waals surface area contributed by atoms with E-state index >= 15 is 0 Å². The van der Waals surface area contributed by atoms with E-state index in [4.69, 9.17) is 46.4 Å². The lowest BCUT2D eigenvalue weighted by atomic mass is 10.1. The van der Waals surface area contributed by atoms with Crippen molar-refractivity contribution in [3.05, 3.63) is 92.4 Å². The van der Waals surface area contributed by atoms with Crippen molar-refractivity contribution in [2.45, 2.75) is 44.2 Å². The normalized spacial score (nSPS) is 12.1. The number of benzene rings is 3. The molecule has 2 amide bonds. The molecule has 40 heavy (non-hydrogen) atoms. The smallest absolute Gasteiger partial charge is 0.264 e. The zero-order chi connectivity index (χ0) is 29.4. The summed E-state index contributed by atoms with van der Waals surface area (Å²) in [6, 6.07) is 15.9. The third-order valence-corrected chi connectivity index (χ3v) is 9.04. The van der Waals surface area contributed by atoms with Gasteiger partial charge in [0.1, 0.15) is 12.6 Å². The van der Waals surface area contributed by atoms with Crippen molar-refractivity contribution in [2.24, 2.45) is 0 Å². The van der Waals surface area contributed by atoms with Gasteiger partial charge >= 0.3 is 0 Å². The first-order valence-electron chi connectivity index (χ1n) is 12.5. The minimum atomic E-state index is -4.25. The summed E-state index contributed by atoms with van der Waals surface area (Å²) in [5.41, 5.74) is 0.599. The van der Waals surface area contributed by atoms with E-state index in [0.29, 0.717) is 27.2 Å². The lowest BCUT2D eigenvalue weighted by molar-refractivity contribution is -0.139. The van der Waals surface area contributed by atoms with Crippen LogP contribution in [-0.2, 0) is 26.2 Å². The van der Waals surface area contributed by atoms with Crippen LogP contribution in [0.3, 0.4) is 0 Å². The third kappa shape index (κ3) is 8.04. The summed E-state index contributed by atoms with van der Waals surface area (Å²) in [7, 11) is -4.25. The van der Waals surface area contributed by atoms with E-state index in [1.165, 1.54) is 41.3 Å². The van der Waals surface area contributed by atoms with E-state index in [0.717, 1.165) is 17.1 Å². The Bertz CT molecular complexity index is 1460. The first kappa shape index (κ1) is 32.0. The number of carbonyl (C=O) groups excluding carboxylic acids is 2. The topological polar surface area (TPSA) is 86.8 Å². The van der Waals surface area contributed by atoms with Gasteiger partial charge in [0.15, 0.2) is 0 Å². The Kier molecular flexibility index (Phi) is 11.5. The van der Waals surface area contributed by atoms with Gasteiger partial charge in [-0.25, -0.2) is 8.42 Å². The maximum absolute atomic E-state index is 13.9. The quantitative estimate of drug-likeness (QED) is 0.219. The van der Waals surface area contributed by atoms with E-state index < -0.39 is 28.5 Å². The molecule has 214 valence electrons. The largest absolute Gasteiger partial charge is 0.354 e. The number of nitrogens with zero attached hydrogens (tertiary/aromatic N) is 2. The third-order valence-electron chi connectivity index (χ3n) is 6.14. The predicted octanol–water partition coefficient (Wildman–Crippen LogP) is 6.83. The molecule has 0 fully saturated rings. The highest BCUT2D eigenvalue weighted by Gasteiger charge is 2.33. The minimum Gasteiger partial charge on any atom is -0.354 e. The fraction of sp³-hybridized carbons (Fsp3) is 0.286. The first-order chi connectivity index (χ1) is 18.9. The molecule has 0 spiro atoms. The number of anilines is 1. The molecule has 0 bridgehead atoms. The van der Waals surface area contributed by atoms with Crippen LogP contribution in [0.15, 0.2) is 71.6 Å². The molecule has 0 radical (unpaired) electrons. The van der Waals surface area contributed by atoms with Crippen molar-refractivity contribution >= 4 is 73.9 Å². The summed E-state index contributed by atoms with van der Waals surface area (Å²) < 4.78 is 28.5. The summed E-state index contributed by atoms with van der Waals surface area (Å²) in [6.07, 6.45) is 1.65. The number of halogens is 4. The lowest BCUT2D eigenvalue weighted by Gasteiger charge is -2.32. The number of carbonyl (C=O) groups is 2. The van der Waals surface area contributed by atoms with Crippen LogP contribution in [0.4, 0.5) is 5.69 Å². The summed E-state index contributed by atoms with van der Waals surface area (Å²) >= 11 is 24.9. The van der Waals surface area contributed by atoms with Crippen molar-refractivity contribution in [3.63, 3.8) is 0 Å². The molecule has 0 heterocycles. The average molecular weight is 645 g/mol. The van der Waals surface area contributed by atoms with Gasteiger partial charge < -0.3 is 10.2 Å². The zero-order valence-corrected chi connectivity index (χ0v) is 25.8. The Hall–Kier alpha value is -2.49.